The van der Waals surface area contributed by atoms with Crippen LogP contribution in [0.3, 0.4) is 0 Å². The lowest BCUT2D eigenvalue weighted by Gasteiger charge is -2.34. The van der Waals surface area contributed by atoms with Gasteiger partial charge in [0.1, 0.15) is 0 Å². The van der Waals surface area contributed by atoms with Crippen LogP contribution in [0.4, 0.5) is 0 Å². The monoisotopic (exact) mass is 398 g/mol. The fourth-order valence-electron chi connectivity index (χ4n) is 5.02. The number of carbonyl (C=O) groups is 2. The van der Waals surface area contributed by atoms with Gasteiger partial charge >= 0.3 is 0 Å². The van der Waals surface area contributed by atoms with E-state index >= 15 is 0 Å². The Morgan fingerprint density at radius 1 is 0.926 bits per heavy atom. The zero-order chi connectivity index (χ0) is 19.4. The summed E-state index contributed by atoms with van der Waals surface area (Å²) in [6.45, 7) is 2.48. The molecule has 0 aromatic rings. The van der Waals surface area contributed by atoms with Crippen molar-refractivity contribution in [3.8, 4) is 0 Å². The number of hydrogen-bond acceptors (Lipinski definition) is 4. The van der Waals surface area contributed by atoms with Crippen LogP contribution in [0.15, 0.2) is 0 Å². The Morgan fingerprint density at radius 2 is 1.56 bits per heavy atom. The topological polar surface area (TPSA) is 83.6 Å². The van der Waals surface area contributed by atoms with E-state index in [9.17, 15) is 18.0 Å². The smallest absolute Gasteiger partial charge is 0.225 e. The van der Waals surface area contributed by atoms with Crippen LogP contribution in [0.25, 0.3) is 0 Å². The predicted octanol–water partition coefficient (Wildman–Crippen LogP) is 2.28. The van der Waals surface area contributed by atoms with Gasteiger partial charge in [-0.05, 0) is 51.9 Å². The molecule has 2 saturated carbocycles. The summed E-state index contributed by atoms with van der Waals surface area (Å²) in [5.41, 5.74) is 0. The van der Waals surface area contributed by atoms with E-state index in [1.165, 1.54) is 19.3 Å². The van der Waals surface area contributed by atoms with Crippen molar-refractivity contribution in [2.24, 2.45) is 11.8 Å². The van der Waals surface area contributed by atoms with Crippen molar-refractivity contribution in [2.75, 3.05) is 18.1 Å². The van der Waals surface area contributed by atoms with Crippen LogP contribution in [0.5, 0.6) is 0 Å². The summed E-state index contributed by atoms with van der Waals surface area (Å²) in [4.78, 5) is 27.3. The van der Waals surface area contributed by atoms with Gasteiger partial charge < -0.3 is 10.2 Å². The van der Waals surface area contributed by atoms with Crippen molar-refractivity contribution in [2.45, 2.75) is 83.2 Å². The normalized spacial score (nSPS) is 31.4. The van der Waals surface area contributed by atoms with Crippen LogP contribution in [0.1, 0.15) is 71.1 Å². The molecule has 7 heteroatoms. The molecule has 2 amide bonds. The van der Waals surface area contributed by atoms with E-state index in [1.54, 1.807) is 4.90 Å². The van der Waals surface area contributed by atoms with Crippen molar-refractivity contribution in [1.82, 2.24) is 10.2 Å². The predicted molar refractivity (Wildman–Crippen MR) is 105 cm³/mol. The minimum Gasteiger partial charge on any atom is -0.353 e. The maximum absolute atomic E-state index is 13.0. The second-order valence-corrected chi connectivity index (χ2v) is 10.8. The van der Waals surface area contributed by atoms with Crippen molar-refractivity contribution in [1.29, 1.82) is 0 Å². The van der Waals surface area contributed by atoms with Crippen molar-refractivity contribution in [3.05, 3.63) is 0 Å². The highest BCUT2D eigenvalue weighted by molar-refractivity contribution is 7.91. The molecule has 2 aliphatic carbocycles. The van der Waals surface area contributed by atoms with Crippen molar-refractivity contribution < 1.29 is 18.0 Å². The van der Waals surface area contributed by atoms with Gasteiger partial charge in [0.2, 0.25) is 11.8 Å². The summed E-state index contributed by atoms with van der Waals surface area (Å²) in [6.07, 6.45) is 9.41. The van der Waals surface area contributed by atoms with Gasteiger partial charge in [0, 0.05) is 30.5 Å². The van der Waals surface area contributed by atoms with E-state index in [4.69, 9.17) is 0 Å². The Balaban J connectivity index is 1.48. The summed E-state index contributed by atoms with van der Waals surface area (Å²) >= 11 is 0. The minimum absolute atomic E-state index is 0.0258. The SMILES string of the molecule is CCN(C(=O)C1CCC(C(=O)NC2CCCCC2)CC1)C1CCS(=O)(=O)C1. The first-order valence-corrected chi connectivity index (χ1v) is 12.5. The quantitative estimate of drug-likeness (QED) is 0.770. The molecule has 3 rings (SSSR count). The van der Waals surface area contributed by atoms with Gasteiger partial charge in [0.15, 0.2) is 9.84 Å². The fraction of sp³-hybridized carbons (Fsp3) is 0.900. The van der Waals surface area contributed by atoms with Crippen molar-refractivity contribution >= 4 is 21.7 Å². The molecule has 1 saturated heterocycles. The van der Waals surface area contributed by atoms with E-state index in [2.05, 4.69) is 5.32 Å². The Labute approximate surface area is 163 Å². The zero-order valence-corrected chi connectivity index (χ0v) is 17.3. The molecular weight excluding hydrogens is 364 g/mol. The first-order chi connectivity index (χ1) is 12.9. The van der Waals surface area contributed by atoms with E-state index in [1.807, 2.05) is 6.92 Å². The first kappa shape index (κ1) is 20.6. The van der Waals surface area contributed by atoms with Crippen molar-refractivity contribution in [3.63, 3.8) is 0 Å². The Bertz CT molecular complexity index is 634. The largest absolute Gasteiger partial charge is 0.353 e. The third-order valence-electron chi connectivity index (χ3n) is 6.67. The molecule has 0 bridgehead atoms. The van der Waals surface area contributed by atoms with Crippen LogP contribution in [-0.2, 0) is 19.4 Å². The lowest BCUT2D eigenvalue weighted by Crippen LogP contribution is -2.46. The van der Waals surface area contributed by atoms with Crippen LogP contribution in [0.2, 0.25) is 0 Å². The molecule has 1 N–H and O–H groups in total. The Morgan fingerprint density at radius 3 is 2.11 bits per heavy atom. The average Bonchev–Trinajstić information content (AvgIpc) is 3.02. The van der Waals surface area contributed by atoms with E-state index in [-0.39, 0.29) is 41.2 Å². The molecule has 0 radical (unpaired) electrons. The highest BCUT2D eigenvalue weighted by atomic mass is 32.2. The lowest BCUT2D eigenvalue weighted by molar-refractivity contribution is -0.140. The summed E-state index contributed by atoms with van der Waals surface area (Å²) in [6, 6.07) is 0.172. The summed E-state index contributed by atoms with van der Waals surface area (Å²) in [5, 5.41) is 3.22. The van der Waals surface area contributed by atoms with Gasteiger partial charge in [0.05, 0.1) is 11.5 Å². The third kappa shape index (κ3) is 5.24. The highest BCUT2D eigenvalue weighted by Crippen LogP contribution is 2.32. The van der Waals surface area contributed by atoms with Crippen LogP contribution in [-0.4, -0.2) is 55.3 Å². The second kappa shape index (κ2) is 8.93. The molecule has 1 unspecified atom stereocenters. The van der Waals surface area contributed by atoms with Gasteiger partial charge in [-0.2, -0.15) is 0 Å². The maximum atomic E-state index is 13.0. The Hall–Kier alpha value is -1.11. The minimum atomic E-state index is -3.00. The molecule has 3 fully saturated rings. The van der Waals surface area contributed by atoms with Gasteiger partial charge in [-0.1, -0.05) is 19.3 Å². The van der Waals surface area contributed by atoms with Gasteiger partial charge in [0.25, 0.3) is 0 Å². The van der Waals surface area contributed by atoms with Crippen LogP contribution < -0.4 is 5.32 Å². The van der Waals surface area contributed by atoms with E-state index in [0.29, 0.717) is 19.0 Å². The lowest BCUT2D eigenvalue weighted by atomic mass is 9.80. The summed E-state index contributed by atoms with van der Waals surface area (Å²) in [7, 11) is -3.00. The van der Waals surface area contributed by atoms with Crippen LogP contribution in [0, 0.1) is 11.8 Å². The molecule has 1 heterocycles. The molecular formula is C20H34N2O4S. The van der Waals surface area contributed by atoms with E-state index in [0.717, 1.165) is 38.5 Å². The van der Waals surface area contributed by atoms with Gasteiger partial charge in [-0.3, -0.25) is 9.59 Å². The van der Waals surface area contributed by atoms with Gasteiger partial charge in [-0.25, -0.2) is 8.42 Å². The highest BCUT2D eigenvalue weighted by Gasteiger charge is 2.38. The van der Waals surface area contributed by atoms with Gasteiger partial charge in [-0.15, -0.1) is 0 Å². The molecule has 1 atom stereocenters. The molecule has 27 heavy (non-hydrogen) atoms. The number of carbonyl (C=O) groups excluding carboxylic acids is 2. The number of rotatable bonds is 5. The fourth-order valence-corrected chi connectivity index (χ4v) is 6.75. The first-order valence-electron chi connectivity index (χ1n) is 10.7. The third-order valence-corrected chi connectivity index (χ3v) is 8.42. The molecule has 6 nitrogen and oxygen atoms in total. The molecule has 0 aromatic carbocycles. The Kier molecular flexibility index (Phi) is 6.82. The molecule has 1 aliphatic heterocycles. The zero-order valence-electron chi connectivity index (χ0n) is 16.5. The molecule has 0 spiro atoms. The number of sulfone groups is 1. The summed E-state index contributed by atoms with van der Waals surface area (Å²) in [5.74, 6) is 0.513. The molecule has 154 valence electrons. The number of nitrogens with one attached hydrogen (secondary N) is 1. The standard InChI is InChI=1S/C20H34N2O4S/c1-2-22(18-12-13-27(25,26)14-18)20(24)16-10-8-15(9-11-16)19(23)21-17-6-4-3-5-7-17/h15-18H,2-14H2,1H3,(H,21,23). The maximum Gasteiger partial charge on any atom is 0.225 e. The molecule has 3 aliphatic rings. The van der Waals surface area contributed by atoms with Crippen LogP contribution >= 0.6 is 0 Å². The number of hydrogen-bond donors (Lipinski definition) is 1. The average molecular weight is 399 g/mol. The number of amides is 2. The second-order valence-electron chi connectivity index (χ2n) is 8.57. The molecule has 0 aromatic heterocycles. The number of nitrogens with zero attached hydrogens (tertiary/aromatic N) is 1. The van der Waals surface area contributed by atoms with E-state index < -0.39 is 9.84 Å². The summed E-state index contributed by atoms with van der Waals surface area (Å²) < 4.78 is 23.5.